The van der Waals surface area contributed by atoms with E-state index in [1.165, 1.54) is 19.3 Å². The van der Waals surface area contributed by atoms with Gasteiger partial charge in [0.15, 0.2) is 5.65 Å². The number of anilines is 2. The Morgan fingerprint density at radius 3 is 2.77 bits per heavy atom. The molecule has 1 aromatic carbocycles. The molecule has 1 N–H and O–H groups in total. The van der Waals surface area contributed by atoms with E-state index in [0.717, 1.165) is 47.0 Å². The van der Waals surface area contributed by atoms with Crippen LogP contribution in [0.2, 0.25) is 5.02 Å². The third kappa shape index (κ3) is 4.05. The smallest absolute Gasteiger partial charge is 0.168 e. The topological polar surface area (TPSA) is 71.8 Å². The second-order valence-corrected chi connectivity index (χ2v) is 8.22. The van der Waals surface area contributed by atoms with Gasteiger partial charge in [-0.3, -0.25) is 0 Å². The van der Waals surface area contributed by atoms with Crippen LogP contribution in [0.3, 0.4) is 0 Å². The molecule has 0 amide bonds. The lowest BCUT2D eigenvalue weighted by atomic mass is 10.1. The number of pyridine rings is 1. The summed E-state index contributed by atoms with van der Waals surface area (Å²) in [5.74, 6) is 2.51. The van der Waals surface area contributed by atoms with Crippen LogP contribution in [0, 0.1) is 6.92 Å². The first kappa shape index (κ1) is 19.8. The SMILES string of the molecule is Cc1nc(NCc2cccnc2N2CCCCC2)c2cnn(-c3cccc(Cl)c3)c2n1. The zero-order valence-electron chi connectivity index (χ0n) is 17.4. The number of aryl methyl sites for hydroxylation is 1. The molecule has 1 saturated heterocycles. The van der Waals surface area contributed by atoms with Crippen LogP contribution < -0.4 is 10.2 Å². The Balaban J connectivity index is 1.46. The van der Waals surface area contributed by atoms with Gasteiger partial charge in [-0.1, -0.05) is 23.7 Å². The monoisotopic (exact) mass is 433 g/mol. The summed E-state index contributed by atoms with van der Waals surface area (Å²) >= 11 is 6.18. The molecule has 3 aromatic heterocycles. The molecule has 158 valence electrons. The Bertz CT molecular complexity index is 1210. The number of rotatable bonds is 5. The molecule has 31 heavy (non-hydrogen) atoms. The van der Waals surface area contributed by atoms with E-state index in [4.69, 9.17) is 11.6 Å². The fourth-order valence-electron chi connectivity index (χ4n) is 4.09. The van der Waals surface area contributed by atoms with Crippen LogP contribution in [0.5, 0.6) is 0 Å². The van der Waals surface area contributed by atoms with E-state index in [1.807, 2.05) is 43.5 Å². The van der Waals surface area contributed by atoms with Gasteiger partial charge in [-0.25, -0.2) is 19.6 Å². The van der Waals surface area contributed by atoms with Gasteiger partial charge in [-0.15, -0.1) is 0 Å². The number of hydrogen-bond donors (Lipinski definition) is 1. The number of nitrogens with zero attached hydrogens (tertiary/aromatic N) is 6. The normalized spacial score (nSPS) is 14.2. The van der Waals surface area contributed by atoms with E-state index in [9.17, 15) is 0 Å². The molecule has 0 atom stereocenters. The van der Waals surface area contributed by atoms with E-state index in [2.05, 4.69) is 36.3 Å². The van der Waals surface area contributed by atoms with Crippen molar-refractivity contribution in [1.29, 1.82) is 0 Å². The lowest BCUT2D eigenvalue weighted by Crippen LogP contribution is -2.31. The molecule has 0 radical (unpaired) electrons. The second kappa shape index (κ2) is 8.51. The van der Waals surface area contributed by atoms with Crippen molar-refractivity contribution in [3.8, 4) is 5.69 Å². The third-order valence-corrected chi connectivity index (χ3v) is 5.80. The maximum Gasteiger partial charge on any atom is 0.168 e. The van der Waals surface area contributed by atoms with Crippen LogP contribution in [-0.4, -0.2) is 37.8 Å². The molecule has 1 fully saturated rings. The lowest BCUT2D eigenvalue weighted by Gasteiger charge is -2.29. The highest BCUT2D eigenvalue weighted by molar-refractivity contribution is 6.30. The van der Waals surface area contributed by atoms with E-state index < -0.39 is 0 Å². The fraction of sp³-hybridized carbons (Fsp3) is 0.304. The molecule has 7 nitrogen and oxygen atoms in total. The van der Waals surface area contributed by atoms with Gasteiger partial charge in [0, 0.05) is 36.4 Å². The second-order valence-electron chi connectivity index (χ2n) is 7.78. The van der Waals surface area contributed by atoms with Crippen molar-refractivity contribution in [3.63, 3.8) is 0 Å². The maximum absolute atomic E-state index is 6.18. The molecular weight excluding hydrogens is 410 g/mol. The molecule has 8 heteroatoms. The van der Waals surface area contributed by atoms with Gasteiger partial charge in [0.25, 0.3) is 0 Å². The van der Waals surface area contributed by atoms with Gasteiger partial charge in [-0.05, 0) is 50.5 Å². The van der Waals surface area contributed by atoms with Crippen molar-refractivity contribution in [2.75, 3.05) is 23.3 Å². The summed E-state index contributed by atoms with van der Waals surface area (Å²) in [5.41, 5.74) is 2.78. The average Bonchev–Trinajstić information content (AvgIpc) is 3.22. The highest BCUT2D eigenvalue weighted by atomic mass is 35.5. The first-order valence-electron chi connectivity index (χ1n) is 10.6. The Kier molecular flexibility index (Phi) is 5.42. The Morgan fingerprint density at radius 1 is 1.06 bits per heavy atom. The number of aromatic nitrogens is 5. The highest BCUT2D eigenvalue weighted by Crippen LogP contribution is 2.26. The largest absolute Gasteiger partial charge is 0.365 e. The summed E-state index contributed by atoms with van der Waals surface area (Å²) in [7, 11) is 0. The molecule has 0 aliphatic carbocycles. The summed E-state index contributed by atoms with van der Waals surface area (Å²) in [4.78, 5) is 16.3. The van der Waals surface area contributed by atoms with Gasteiger partial charge in [-0.2, -0.15) is 5.10 Å². The van der Waals surface area contributed by atoms with Crippen molar-refractivity contribution in [3.05, 3.63) is 65.2 Å². The van der Waals surface area contributed by atoms with E-state index in [0.29, 0.717) is 17.4 Å². The minimum atomic E-state index is 0.633. The maximum atomic E-state index is 6.18. The average molecular weight is 434 g/mol. The molecule has 4 heterocycles. The first-order valence-corrected chi connectivity index (χ1v) is 11.0. The summed E-state index contributed by atoms with van der Waals surface area (Å²) in [5, 5.41) is 9.58. The quantitative estimate of drug-likeness (QED) is 0.488. The third-order valence-electron chi connectivity index (χ3n) is 5.56. The zero-order chi connectivity index (χ0) is 21.2. The minimum Gasteiger partial charge on any atom is -0.365 e. The predicted octanol–water partition coefficient (Wildman–Crippen LogP) is 4.77. The molecule has 5 rings (SSSR count). The summed E-state index contributed by atoms with van der Waals surface area (Å²) < 4.78 is 1.80. The molecule has 0 spiro atoms. The van der Waals surface area contributed by atoms with E-state index in [1.54, 1.807) is 10.9 Å². The Morgan fingerprint density at radius 2 is 1.94 bits per heavy atom. The number of piperidine rings is 1. The van der Waals surface area contributed by atoms with Gasteiger partial charge in [0.05, 0.1) is 17.3 Å². The van der Waals surface area contributed by atoms with Gasteiger partial charge in [0.2, 0.25) is 0 Å². The zero-order valence-corrected chi connectivity index (χ0v) is 18.2. The molecule has 0 saturated carbocycles. The predicted molar refractivity (Wildman–Crippen MR) is 124 cm³/mol. The highest BCUT2D eigenvalue weighted by Gasteiger charge is 2.17. The van der Waals surface area contributed by atoms with Crippen LogP contribution in [0.4, 0.5) is 11.6 Å². The standard InChI is InChI=1S/C23H24ClN7/c1-16-28-21(20-15-27-31(23(20)29-16)19-9-5-8-18(24)13-19)26-14-17-7-6-10-25-22(17)30-11-3-2-4-12-30/h5-10,13,15H,2-4,11-12,14H2,1H3,(H,26,28,29). The molecular formula is C23H24ClN7. The Labute approximate surface area is 186 Å². The number of halogens is 1. The molecule has 0 bridgehead atoms. The van der Waals surface area contributed by atoms with Gasteiger partial charge >= 0.3 is 0 Å². The minimum absolute atomic E-state index is 0.633. The number of fused-ring (bicyclic) bond motifs is 1. The summed E-state index contributed by atoms with van der Waals surface area (Å²) in [6, 6.07) is 11.7. The summed E-state index contributed by atoms with van der Waals surface area (Å²) in [6.07, 6.45) is 7.41. The number of hydrogen-bond acceptors (Lipinski definition) is 6. The van der Waals surface area contributed by atoms with E-state index >= 15 is 0 Å². The van der Waals surface area contributed by atoms with Gasteiger partial charge in [0.1, 0.15) is 17.5 Å². The van der Waals surface area contributed by atoms with Crippen LogP contribution in [0.1, 0.15) is 30.7 Å². The van der Waals surface area contributed by atoms with Crippen molar-refractivity contribution in [2.45, 2.75) is 32.7 Å². The molecule has 0 unspecified atom stereocenters. The van der Waals surface area contributed by atoms with Crippen LogP contribution in [0.25, 0.3) is 16.7 Å². The van der Waals surface area contributed by atoms with E-state index in [-0.39, 0.29) is 0 Å². The van der Waals surface area contributed by atoms with Crippen LogP contribution in [0.15, 0.2) is 48.8 Å². The van der Waals surface area contributed by atoms with Crippen molar-refractivity contribution >= 4 is 34.3 Å². The summed E-state index contributed by atoms with van der Waals surface area (Å²) in [6.45, 7) is 4.65. The molecule has 1 aliphatic heterocycles. The lowest BCUT2D eigenvalue weighted by molar-refractivity contribution is 0.572. The van der Waals surface area contributed by atoms with Crippen LogP contribution >= 0.6 is 11.6 Å². The molecule has 1 aliphatic rings. The van der Waals surface area contributed by atoms with Crippen molar-refractivity contribution in [1.82, 2.24) is 24.7 Å². The first-order chi connectivity index (χ1) is 15.2. The fourth-order valence-corrected chi connectivity index (χ4v) is 4.27. The van der Waals surface area contributed by atoms with Gasteiger partial charge < -0.3 is 10.2 Å². The molecule has 4 aromatic rings. The van der Waals surface area contributed by atoms with Crippen molar-refractivity contribution < 1.29 is 0 Å². The van der Waals surface area contributed by atoms with Crippen LogP contribution in [-0.2, 0) is 6.54 Å². The number of benzene rings is 1. The van der Waals surface area contributed by atoms with Crippen molar-refractivity contribution in [2.24, 2.45) is 0 Å². The number of nitrogens with one attached hydrogen (secondary N) is 1. The Hall–Kier alpha value is -3.19.